The number of nitrogens with zero attached hydrogens (tertiary/aromatic N) is 2. The number of carbonyl (C=O) groups is 1. The lowest BCUT2D eigenvalue weighted by atomic mass is 10.0. The molecule has 0 aliphatic carbocycles. The maximum atomic E-state index is 13.4. The van der Waals surface area contributed by atoms with Crippen LogP contribution >= 0.6 is 0 Å². The van der Waals surface area contributed by atoms with E-state index < -0.39 is 10.0 Å². The molecule has 27 heavy (non-hydrogen) atoms. The lowest BCUT2D eigenvalue weighted by Gasteiger charge is -2.32. The Morgan fingerprint density at radius 1 is 1.22 bits per heavy atom. The molecule has 0 radical (unpaired) electrons. The summed E-state index contributed by atoms with van der Waals surface area (Å²) in [6, 6.07) is 6.65. The van der Waals surface area contributed by atoms with Gasteiger partial charge in [-0.1, -0.05) is 32.9 Å². The van der Waals surface area contributed by atoms with Crippen molar-refractivity contribution < 1.29 is 17.9 Å². The average molecular weight is 395 g/mol. The van der Waals surface area contributed by atoms with Crippen LogP contribution in [-0.4, -0.2) is 55.3 Å². The minimum absolute atomic E-state index is 0.114. The summed E-state index contributed by atoms with van der Waals surface area (Å²) in [6.45, 7) is 7.70. The number of amides is 1. The molecular weight excluding hydrogens is 364 g/mol. The summed E-state index contributed by atoms with van der Waals surface area (Å²) in [5.74, 6) is 0.945. The van der Waals surface area contributed by atoms with Crippen LogP contribution in [0.15, 0.2) is 29.2 Å². The van der Waals surface area contributed by atoms with Gasteiger partial charge >= 0.3 is 0 Å². The van der Waals surface area contributed by atoms with Crippen LogP contribution in [0, 0.1) is 5.92 Å². The molecule has 2 aliphatic heterocycles. The molecule has 0 N–H and O–H groups in total. The summed E-state index contributed by atoms with van der Waals surface area (Å²) in [5, 5.41) is 0. The minimum atomic E-state index is -3.64. The van der Waals surface area contributed by atoms with Gasteiger partial charge in [-0.05, 0) is 30.9 Å². The largest absolute Gasteiger partial charge is 0.487 e. The van der Waals surface area contributed by atoms with Crippen molar-refractivity contribution in [1.29, 1.82) is 0 Å². The maximum absolute atomic E-state index is 13.4. The first kappa shape index (κ1) is 20.1. The first-order valence-electron chi connectivity index (χ1n) is 9.90. The Balaban J connectivity index is 1.98. The standard InChI is InChI=1S/C20H30N2O4S/c1-4-20(23)21-12-10-16-17(11-13-21)26-18-7-5-6-8-19(18)27(24,25)22(16)14-9-15(2)3/h5-8,15-17H,4,9-14H2,1-3H3/t16-,17-/m1/s1. The molecule has 150 valence electrons. The predicted octanol–water partition coefficient (Wildman–Crippen LogP) is 2.89. The van der Waals surface area contributed by atoms with Crippen molar-refractivity contribution >= 4 is 15.9 Å². The topological polar surface area (TPSA) is 66.9 Å². The molecule has 7 heteroatoms. The predicted molar refractivity (Wildman–Crippen MR) is 104 cm³/mol. The quantitative estimate of drug-likeness (QED) is 0.788. The molecule has 1 amide bonds. The van der Waals surface area contributed by atoms with Crippen LogP contribution < -0.4 is 4.74 Å². The molecule has 1 saturated heterocycles. The molecule has 0 aromatic heterocycles. The van der Waals surface area contributed by atoms with Crippen LogP contribution in [0.3, 0.4) is 0 Å². The van der Waals surface area contributed by atoms with Gasteiger partial charge in [-0.15, -0.1) is 0 Å². The molecule has 3 rings (SSSR count). The highest BCUT2D eigenvalue weighted by molar-refractivity contribution is 7.89. The second-order valence-electron chi connectivity index (χ2n) is 7.78. The summed E-state index contributed by atoms with van der Waals surface area (Å²) in [4.78, 5) is 14.3. The van der Waals surface area contributed by atoms with Crippen LogP contribution in [0.4, 0.5) is 0 Å². The fourth-order valence-corrected chi connectivity index (χ4v) is 5.72. The van der Waals surface area contributed by atoms with Crippen molar-refractivity contribution in [2.75, 3.05) is 19.6 Å². The van der Waals surface area contributed by atoms with Crippen LogP contribution in [-0.2, 0) is 14.8 Å². The van der Waals surface area contributed by atoms with E-state index in [9.17, 15) is 13.2 Å². The lowest BCUT2D eigenvalue weighted by Crippen LogP contribution is -2.47. The third kappa shape index (κ3) is 4.14. The summed E-state index contributed by atoms with van der Waals surface area (Å²) in [6.07, 6.45) is 2.25. The van der Waals surface area contributed by atoms with Crippen molar-refractivity contribution in [3.63, 3.8) is 0 Å². The Bertz CT molecular complexity index is 778. The van der Waals surface area contributed by atoms with Gasteiger partial charge in [-0.3, -0.25) is 4.79 Å². The fraction of sp³-hybridized carbons (Fsp3) is 0.650. The monoisotopic (exact) mass is 394 g/mol. The molecule has 1 aromatic carbocycles. The highest BCUT2D eigenvalue weighted by Gasteiger charge is 2.43. The number of carbonyl (C=O) groups excluding carboxylic acids is 1. The van der Waals surface area contributed by atoms with Crippen molar-refractivity contribution in [1.82, 2.24) is 9.21 Å². The number of para-hydroxylation sites is 1. The number of sulfonamides is 1. The Hall–Kier alpha value is -1.60. The summed E-state index contributed by atoms with van der Waals surface area (Å²) in [7, 11) is -3.64. The van der Waals surface area contributed by atoms with Gasteiger partial charge < -0.3 is 9.64 Å². The van der Waals surface area contributed by atoms with Crippen LogP contribution in [0.2, 0.25) is 0 Å². The molecule has 0 saturated carbocycles. The second kappa shape index (κ2) is 8.19. The van der Waals surface area contributed by atoms with Gasteiger partial charge in [-0.25, -0.2) is 8.42 Å². The first-order chi connectivity index (χ1) is 12.8. The second-order valence-corrected chi connectivity index (χ2v) is 9.64. The van der Waals surface area contributed by atoms with E-state index in [0.717, 1.165) is 6.42 Å². The van der Waals surface area contributed by atoms with Gasteiger partial charge in [0.05, 0.1) is 6.04 Å². The van der Waals surface area contributed by atoms with Crippen molar-refractivity contribution in [2.45, 2.75) is 63.5 Å². The van der Waals surface area contributed by atoms with Gasteiger partial charge in [0.1, 0.15) is 16.7 Å². The molecule has 2 heterocycles. The van der Waals surface area contributed by atoms with Crippen molar-refractivity contribution in [2.24, 2.45) is 5.92 Å². The molecule has 2 atom stereocenters. The first-order valence-corrected chi connectivity index (χ1v) is 11.3. The van der Waals surface area contributed by atoms with Crippen molar-refractivity contribution in [3.8, 4) is 5.75 Å². The normalized spacial score (nSPS) is 25.1. The van der Waals surface area contributed by atoms with E-state index in [4.69, 9.17) is 4.74 Å². The zero-order valence-corrected chi connectivity index (χ0v) is 17.2. The highest BCUT2D eigenvalue weighted by atomic mass is 32.2. The van der Waals surface area contributed by atoms with E-state index in [2.05, 4.69) is 13.8 Å². The molecule has 1 fully saturated rings. The number of benzene rings is 1. The van der Waals surface area contributed by atoms with Gasteiger partial charge in [0.25, 0.3) is 0 Å². The summed E-state index contributed by atoms with van der Waals surface area (Å²) in [5.41, 5.74) is 0. The number of hydrogen-bond acceptors (Lipinski definition) is 4. The van der Waals surface area contributed by atoms with E-state index in [1.807, 2.05) is 11.8 Å². The van der Waals surface area contributed by atoms with Crippen LogP contribution in [0.1, 0.15) is 46.5 Å². The Labute approximate surface area is 162 Å². The zero-order chi connectivity index (χ0) is 19.6. The third-order valence-corrected chi connectivity index (χ3v) is 7.44. The highest BCUT2D eigenvalue weighted by Crippen LogP contribution is 2.36. The number of rotatable bonds is 4. The zero-order valence-electron chi connectivity index (χ0n) is 16.4. The number of ether oxygens (including phenoxy) is 1. The van der Waals surface area contributed by atoms with Gasteiger partial charge in [0, 0.05) is 32.5 Å². The van der Waals surface area contributed by atoms with Crippen LogP contribution in [0.5, 0.6) is 5.75 Å². The number of fused-ring (bicyclic) bond motifs is 2. The maximum Gasteiger partial charge on any atom is 0.247 e. The van der Waals surface area contributed by atoms with Gasteiger partial charge in [-0.2, -0.15) is 4.31 Å². The van der Waals surface area contributed by atoms with E-state index in [0.29, 0.717) is 50.6 Å². The molecule has 0 spiro atoms. The van der Waals surface area contributed by atoms with Gasteiger partial charge in [0.15, 0.2) is 0 Å². The number of likely N-dealkylation sites (tertiary alicyclic amines) is 1. The van der Waals surface area contributed by atoms with Crippen LogP contribution in [0.25, 0.3) is 0 Å². The Morgan fingerprint density at radius 2 is 1.93 bits per heavy atom. The Morgan fingerprint density at radius 3 is 2.63 bits per heavy atom. The Kier molecular flexibility index (Phi) is 6.11. The smallest absolute Gasteiger partial charge is 0.247 e. The number of hydrogen-bond donors (Lipinski definition) is 0. The van der Waals surface area contributed by atoms with Gasteiger partial charge in [0.2, 0.25) is 15.9 Å². The van der Waals surface area contributed by atoms with Crippen molar-refractivity contribution in [3.05, 3.63) is 24.3 Å². The minimum Gasteiger partial charge on any atom is -0.487 e. The van der Waals surface area contributed by atoms with E-state index in [-0.39, 0.29) is 22.9 Å². The van der Waals surface area contributed by atoms with E-state index in [1.165, 1.54) is 0 Å². The SMILES string of the molecule is CCC(=O)N1CC[C@@H]2[C@@H](CC1)Oc1ccccc1S(=O)(=O)N2CCC(C)C. The van der Waals surface area contributed by atoms with E-state index in [1.54, 1.807) is 28.6 Å². The summed E-state index contributed by atoms with van der Waals surface area (Å²) < 4.78 is 34.7. The molecule has 0 bridgehead atoms. The van der Waals surface area contributed by atoms with E-state index >= 15 is 0 Å². The fourth-order valence-electron chi connectivity index (χ4n) is 3.90. The molecular formula is C20H30N2O4S. The third-order valence-electron chi connectivity index (χ3n) is 5.47. The molecule has 6 nitrogen and oxygen atoms in total. The average Bonchev–Trinajstić information content (AvgIpc) is 2.88. The lowest BCUT2D eigenvalue weighted by molar-refractivity contribution is -0.130. The summed E-state index contributed by atoms with van der Waals surface area (Å²) >= 11 is 0. The molecule has 2 aliphatic rings. The molecule has 1 aromatic rings. The molecule has 0 unspecified atom stereocenters.